The molecule has 3 aromatic rings. The molecule has 0 spiro atoms. The van der Waals surface area contributed by atoms with Gasteiger partial charge in [0.1, 0.15) is 17.7 Å². The zero-order valence-corrected chi connectivity index (χ0v) is 12.0. The van der Waals surface area contributed by atoms with Crippen molar-refractivity contribution in [3.63, 3.8) is 0 Å². The van der Waals surface area contributed by atoms with Crippen molar-refractivity contribution in [2.45, 2.75) is 6.54 Å². The third-order valence-electron chi connectivity index (χ3n) is 3.06. The summed E-state index contributed by atoms with van der Waals surface area (Å²) in [6, 6.07) is 4.45. The van der Waals surface area contributed by atoms with E-state index in [2.05, 4.69) is 24.8 Å². The van der Waals surface area contributed by atoms with Gasteiger partial charge >= 0.3 is 5.63 Å². The van der Waals surface area contributed by atoms with Crippen molar-refractivity contribution < 1.29 is 9.21 Å². The first kappa shape index (κ1) is 14.6. The molecule has 3 rings (SSSR count). The maximum Gasteiger partial charge on any atom is 0.335 e. The van der Waals surface area contributed by atoms with Crippen LogP contribution in [0.4, 0.5) is 0 Å². The molecule has 0 aromatic carbocycles. The van der Waals surface area contributed by atoms with E-state index >= 15 is 0 Å². The van der Waals surface area contributed by atoms with E-state index in [1.165, 1.54) is 12.1 Å². The van der Waals surface area contributed by atoms with E-state index in [1.54, 1.807) is 29.5 Å². The van der Waals surface area contributed by atoms with E-state index in [0.29, 0.717) is 30.0 Å². The summed E-state index contributed by atoms with van der Waals surface area (Å²) in [5.74, 6) is -0.310. The molecular weight excluding hydrogens is 298 g/mol. The molecule has 0 aliphatic heterocycles. The van der Waals surface area contributed by atoms with Crippen molar-refractivity contribution in [1.82, 2.24) is 25.1 Å². The molecule has 0 aliphatic rings. The second-order valence-electron chi connectivity index (χ2n) is 4.65. The first-order valence-electron chi connectivity index (χ1n) is 6.89. The Morgan fingerprint density at radius 1 is 1.22 bits per heavy atom. The van der Waals surface area contributed by atoms with Crippen molar-refractivity contribution in [3.05, 3.63) is 65.2 Å². The third-order valence-corrected chi connectivity index (χ3v) is 3.06. The van der Waals surface area contributed by atoms with Gasteiger partial charge in [0.2, 0.25) is 0 Å². The number of carbonyl (C=O) groups is 1. The Kier molecular flexibility index (Phi) is 4.23. The van der Waals surface area contributed by atoms with Crippen molar-refractivity contribution in [3.8, 4) is 11.4 Å². The number of hydrogen-bond acceptors (Lipinski definition) is 6. The second kappa shape index (κ2) is 6.65. The molecule has 116 valence electrons. The highest BCUT2D eigenvalue weighted by Gasteiger charge is 2.07. The Hall–Kier alpha value is -3.29. The summed E-state index contributed by atoms with van der Waals surface area (Å²) in [7, 11) is 0. The predicted octanol–water partition coefficient (Wildman–Crippen LogP) is 0.723. The van der Waals surface area contributed by atoms with Crippen molar-refractivity contribution in [2.75, 3.05) is 6.54 Å². The summed E-state index contributed by atoms with van der Waals surface area (Å²) in [4.78, 5) is 30.9. The minimum Gasteiger partial charge on any atom is -0.430 e. The Bertz CT molecular complexity index is 836. The van der Waals surface area contributed by atoms with Crippen LogP contribution in [0.1, 0.15) is 10.4 Å². The summed E-state index contributed by atoms with van der Waals surface area (Å²) >= 11 is 0. The Morgan fingerprint density at radius 2 is 2.13 bits per heavy atom. The number of nitrogens with zero attached hydrogens (tertiary/aromatic N) is 4. The second-order valence-corrected chi connectivity index (χ2v) is 4.65. The highest BCUT2D eigenvalue weighted by Crippen LogP contribution is 2.11. The topological polar surface area (TPSA) is 103 Å². The molecule has 0 radical (unpaired) electrons. The maximum absolute atomic E-state index is 11.9. The quantitative estimate of drug-likeness (QED) is 0.745. The first-order chi connectivity index (χ1) is 11.2. The van der Waals surface area contributed by atoms with Gasteiger partial charge in [0, 0.05) is 31.2 Å². The standard InChI is InChI=1S/C15H13N5O3/c21-14-2-1-11(10-23-14)15(22)18-6-8-20-7-3-12(19-20)13-9-16-4-5-17-13/h1-5,7,9-10H,6,8H2,(H,18,22). The molecule has 0 bridgehead atoms. The highest BCUT2D eigenvalue weighted by molar-refractivity contribution is 5.93. The van der Waals surface area contributed by atoms with Crippen LogP contribution in [-0.4, -0.2) is 32.2 Å². The molecule has 23 heavy (non-hydrogen) atoms. The van der Waals surface area contributed by atoms with Crippen LogP contribution < -0.4 is 10.9 Å². The van der Waals surface area contributed by atoms with Crippen molar-refractivity contribution in [2.24, 2.45) is 0 Å². The zero-order valence-electron chi connectivity index (χ0n) is 12.0. The molecule has 3 aromatic heterocycles. The van der Waals surface area contributed by atoms with Crippen LogP contribution in [0.25, 0.3) is 11.4 Å². The van der Waals surface area contributed by atoms with Crippen LogP contribution >= 0.6 is 0 Å². The summed E-state index contributed by atoms with van der Waals surface area (Å²) < 4.78 is 6.35. The molecule has 0 aliphatic carbocycles. The molecule has 3 heterocycles. The lowest BCUT2D eigenvalue weighted by atomic mass is 10.3. The van der Waals surface area contributed by atoms with Crippen LogP contribution in [0.2, 0.25) is 0 Å². The van der Waals surface area contributed by atoms with E-state index in [0.717, 1.165) is 6.26 Å². The maximum atomic E-state index is 11.9. The lowest BCUT2D eigenvalue weighted by molar-refractivity contribution is 0.0949. The van der Waals surface area contributed by atoms with Gasteiger partial charge < -0.3 is 9.73 Å². The van der Waals surface area contributed by atoms with Gasteiger partial charge in [0.05, 0.1) is 18.3 Å². The molecule has 0 fully saturated rings. The predicted molar refractivity (Wildman–Crippen MR) is 80.6 cm³/mol. The zero-order chi connectivity index (χ0) is 16.1. The van der Waals surface area contributed by atoms with E-state index in [4.69, 9.17) is 0 Å². The van der Waals surface area contributed by atoms with Crippen LogP contribution in [0, 0.1) is 0 Å². The monoisotopic (exact) mass is 311 g/mol. The smallest absolute Gasteiger partial charge is 0.335 e. The van der Waals surface area contributed by atoms with Gasteiger partial charge in [0.15, 0.2) is 0 Å². The SMILES string of the molecule is O=C(NCCn1ccc(-c2cnccn2)n1)c1ccc(=O)oc1. The largest absolute Gasteiger partial charge is 0.430 e. The Labute approximate surface area is 130 Å². The van der Waals surface area contributed by atoms with Crippen LogP contribution in [0.15, 0.2) is 58.5 Å². The minimum absolute atomic E-state index is 0.297. The van der Waals surface area contributed by atoms with Gasteiger partial charge in [-0.3, -0.25) is 19.4 Å². The summed E-state index contributed by atoms with van der Waals surface area (Å²) in [5.41, 5.74) is 1.21. The molecule has 0 unspecified atom stereocenters. The fourth-order valence-corrected chi connectivity index (χ4v) is 1.93. The average Bonchev–Trinajstić information content (AvgIpc) is 3.05. The summed E-state index contributed by atoms with van der Waals surface area (Å²) in [5, 5.41) is 7.09. The molecule has 1 amide bonds. The minimum atomic E-state index is -0.491. The average molecular weight is 311 g/mol. The molecule has 0 saturated carbocycles. The number of rotatable bonds is 5. The van der Waals surface area contributed by atoms with Gasteiger partial charge in [-0.2, -0.15) is 5.10 Å². The van der Waals surface area contributed by atoms with E-state index in [1.807, 2.05) is 6.07 Å². The molecule has 0 atom stereocenters. The van der Waals surface area contributed by atoms with Gasteiger partial charge in [-0.15, -0.1) is 0 Å². The highest BCUT2D eigenvalue weighted by atomic mass is 16.4. The molecule has 8 nitrogen and oxygen atoms in total. The normalized spacial score (nSPS) is 10.4. The van der Waals surface area contributed by atoms with Crippen molar-refractivity contribution >= 4 is 5.91 Å². The van der Waals surface area contributed by atoms with Crippen molar-refractivity contribution in [1.29, 1.82) is 0 Å². The van der Waals surface area contributed by atoms with Crippen LogP contribution in [-0.2, 0) is 6.54 Å². The lowest BCUT2D eigenvalue weighted by Crippen LogP contribution is -2.27. The number of carbonyl (C=O) groups excluding carboxylic acids is 1. The van der Waals surface area contributed by atoms with Crippen LogP contribution in [0.5, 0.6) is 0 Å². The molecular formula is C15H13N5O3. The first-order valence-corrected chi connectivity index (χ1v) is 6.89. The van der Waals surface area contributed by atoms with Gasteiger partial charge in [-0.1, -0.05) is 0 Å². The Balaban J connectivity index is 1.55. The third kappa shape index (κ3) is 3.67. The number of aromatic nitrogens is 4. The fourth-order valence-electron chi connectivity index (χ4n) is 1.93. The summed E-state index contributed by atoms with van der Waals surface area (Å²) in [6.07, 6.45) is 7.78. The van der Waals surface area contributed by atoms with E-state index in [9.17, 15) is 9.59 Å². The molecule has 8 heteroatoms. The van der Waals surface area contributed by atoms with Gasteiger partial charge in [-0.05, 0) is 12.1 Å². The van der Waals surface area contributed by atoms with E-state index in [-0.39, 0.29) is 5.91 Å². The number of nitrogens with one attached hydrogen (secondary N) is 1. The Morgan fingerprint density at radius 3 is 2.87 bits per heavy atom. The lowest BCUT2D eigenvalue weighted by Gasteiger charge is -2.04. The fraction of sp³-hybridized carbons (Fsp3) is 0.133. The number of amides is 1. The van der Waals surface area contributed by atoms with Gasteiger partial charge in [-0.25, -0.2) is 4.79 Å². The molecule has 1 N–H and O–H groups in total. The summed E-state index contributed by atoms with van der Waals surface area (Å²) in [6.45, 7) is 0.891. The van der Waals surface area contributed by atoms with E-state index < -0.39 is 5.63 Å². The molecule has 0 saturated heterocycles. The van der Waals surface area contributed by atoms with Gasteiger partial charge in [0.25, 0.3) is 5.91 Å². The van der Waals surface area contributed by atoms with Crippen LogP contribution in [0.3, 0.4) is 0 Å². The number of hydrogen-bond donors (Lipinski definition) is 1.